The zero-order valence-corrected chi connectivity index (χ0v) is 11.3. The van der Waals surface area contributed by atoms with Crippen LogP contribution in [0.2, 0.25) is 0 Å². The molecule has 0 atom stereocenters. The van der Waals surface area contributed by atoms with Crippen LogP contribution in [0.5, 0.6) is 0 Å². The molecule has 0 saturated carbocycles. The molecule has 3 heteroatoms. The molecule has 0 unspecified atom stereocenters. The second kappa shape index (κ2) is 5.17. The van der Waals surface area contributed by atoms with Gasteiger partial charge in [-0.1, -0.05) is 18.2 Å². The van der Waals surface area contributed by atoms with Crippen molar-refractivity contribution < 1.29 is 4.79 Å². The fourth-order valence-corrected chi connectivity index (χ4v) is 3.01. The molecule has 0 aliphatic carbocycles. The summed E-state index contributed by atoms with van der Waals surface area (Å²) in [4.78, 5) is 15.7. The van der Waals surface area contributed by atoms with Crippen LogP contribution in [-0.4, -0.2) is 23.9 Å². The van der Waals surface area contributed by atoms with Crippen LogP contribution in [0.4, 0.5) is 0 Å². The Hall–Kier alpha value is -1.61. The first-order valence-electron chi connectivity index (χ1n) is 7.07. The lowest BCUT2D eigenvalue weighted by molar-refractivity contribution is 0.0948. The van der Waals surface area contributed by atoms with Gasteiger partial charge in [0.2, 0.25) is 0 Å². The van der Waals surface area contributed by atoms with Crippen LogP contribution < -0.4 is 5.32 Å². The monoisotopic (exact) mass is 256 g/mol. The van der Waals surface area contributed by atoms with Crippen molar-refractivity contribution >= 4 is 16.7 Å². The van der Waals surface area contributed by atoms with Crippen molar-refractivity contribution in [1.29, 1.82) is 0 Å². The zero-order valence-electron chi connectivity index (χ0n) is 11.3. The van der Waals surface area contributed by atoms with Gasteiger partial charge in [0.1, 0.15) is 0 Å². The van der Waals surface area contributed by atoms with E-state index in [2.05, 4.69) is 16.4 Å². The van der Waals surface area contributed by atoms with Gasteiger partial charge >= 0.3 is 0 Å². The number of fused-ring (bicyclic) bond motifs is 1. The summed E-state index contributed by atoms with van der Waals surface area (Å²) >= 11 is 0. The number of aryl methyl sites for hydroxylation is 1. The van der Waals surface area contributed by atoms with E-state index in [0.29, 0.717) is 12.3 Å². The van der Waals surface area contributed by atoms with Gasteiger partial charge in [0, 0.05) is 17.3 Å². The molecule has 19 heavy (non-hydrogen) atoms. The number of piperidine rings is 1. The summed E-state index contributed by atoms with van der Waals surface area (Å²) in [7, 11) is 0. The summed E-state index contributed by atoms with van der Waals surface area (Å²) < 4.78 is 0. The molecule has 0 bridgehead atoms. The molecular weight excluding hydrogens is 236 g/mol. The summed E-state index contributed by atoms with van der Waals surface area (Å²) in [5, 5.41) is 4.50. The van der Waals surface area contributed by atoms with E-state index in [0.717, 1.165) is 48.1 Å². The number of Topliss-reactive ketones (excluding diaryl/α,β-unsaturated/α-hetero) is 1. The number of benzene rings is 1. The molecule has 2 N–H and O–H groups in total. The Kier molecular flexibility index (Phi) is 3.38. The maximum atomic E-state index is 12.5. The minimum absolute atomic E-state index is 0.264. The number of rotatable bonds is 3. The van der Waals surface area contributed by atoms with Crippen LogP contribution in [0.25, 0.3) is 10.9 Å². The lowest BCUT2D eigenvalue weighted by Gasteiger charge is -2.21. The van der Waals surface area contributed by atoms with E-state index in [-0.39, 0.29) is 5.78 Å². The first-order chi connectivity index (χ1) is 9.25. The lowest BCUT2D eigenvalue weighted by atomic mass is 9.91. The number of ketones is 1. The van der Waals surface area contributed by atoms with Crippen LogP contribution in [0.3, 0.4) is 0 Å². The fraction of sp³-hybridized carbons (Fsp3) is 0.438. The molecule has 1 saturated heterocycles. The molecule has 3 rings (SSSR count). The molecule has 0 spiro atoms. The topological polar surface area (TPSA) is 44.9 Å². The number of nitrogens with one attached hydrogen (secondary N) is 2. The third-order valence-corrected chi connectivity index (χ3v) is 4.18. The highest BCUT2D eigenvalue weighted by Gasteiger charge is 2.20. The quantitative estimate of drug-likeness (QED) is 0.829. The second-order valence-electron chi connectivity index (χ2n) is 5.49. The van der Waals surface area contributed by atoms with Gasteiger partial charge in [-0.3, -0.25) is 4.79 Å². The molecule has 1 aliphatic heterocycles. The maximum Gasteiger partial charge on any atom is 0.179 e. The van der Waals surface area contributed by atoms with Crippen molar-refractivity contribution in [3.8, 4) is 0 Å². The third-order valence-electron chi connectivity index (χ3n) is 4.18. The van der Waals surface area contributed by atoms with E-state index in [1.165, 1.54) is 0 Å². The molecule has 1 aromatic carbocycles. The van der Waals surface area contributed by atoms with Crippen molar-refractivity contribution in [3.05, 3.63) is 35.5 Å². The Bertz CT molecular complexity index is 594. The highest BCUT2D eigenvalue weighted by atomic mass is 16.1. The lowest BCUT2D eigenvalue weighted by Crippen LogP contribution is -2.29. The number of para-hydroxylation sites is 1. The average Bonchev–Trinajstić information content (AvgIpc) is 2.78. The molecule has 1 aromatic heterocycles. The van der Waals surface area contributed by atoms with E-state index >= 15 is 0 Å². The van der Waals surface area contributed by atoms with Gasteiger partial charge in [-0.05, 0) is 50.4 Å². The van der Waals surface area contributed by atoms with Crippen LogP contribution in [0.1, 0.15) is 35.3 Å². The van der Waals surface area contributed by atoms with Crippen LogP contribution >= 0.6 is 0 Å². The first-order valence-corrected chi connectivity index (χ1v) is 7.07. The van der Waals surface area contributed by atoms with Crippen molar-refractivity contribution in [2.75, 3.05) is 13.1 Å². The van der Waals surface area contributed by atoms with Gasteiger partial charge in [-0.15, -0.1) is 0 Å². The molecule has 100 valence electrons. The summed E-state index contributed by atoms with van der Waals surface area (Å²) in [6.07, 6.45) is 2.91. The summed E-state index contributed by atoms with van der Waals surface area (Å²) in [6, 6.07) is 8.12. The predicted octanol–water partition coefficient (Wildman–Crippen LogP) is 3.05. The summed E-state index contributed by atoms with van der Waals surface area (Å²) in [5.41, 5.74) is 2.96. The molecule has 1 aliphatic rings. The van der Waals surface area contributed by atoms with Crippen molar-refractivity contribution in [2.24, 2.45) is 5.92 Å². The highest BCUT2D eigenvalue weighted by Crippen LogP contribution is 2.25. The van der Waals surface area contributed by atoms with Gasteiger partial charge in [-0.2, -0.15) is 0 Å². The van der Waals surface area contributed by atoms with E-state index in [9.17, 15) is 4.79 Å². The number of carbonyl (C=O) groups excluding carboxylic acids is 1. The SMILES string of the molecule is Cc1c(C(=O)CC2CCNCC2)[nH]c2ccccc12. The Morgan fingerprint density at radius 2 is 2.00 bits per heavy atom. The number of aromatic nitrogens is 1. The van der Waals surface area contributed by atoms with Crippen LogP contribution in [-0.2, 0) is 0 Å². The fourth-order valence-electron chi connectivity index (χ4n) is 3.01. The second-order valence-corrected chi connectivity index (χ2v) is 5.49. The van der Waals surface area contributed by atoms with E-state index in [1.807, 2.05) is 25.1 Å². The molecule has 0 radical (unpaired) electrons. The number of H-pyrrole nitrogens is 1. The molecule has 1 fully saturated rings. The number of carbonyl (C=O) groups is 1. The first kappa shape index (κ1) is 12.4. The average molecular weight is 256 g/mol. The van der Waals surface area contributed by atoms with Crippen molar-refractivity contribution in [1.82, 2.24) is 10.3 Å². The Labute approximate surface area is 113 Å². The smallest absolute Gasteiger partial charge is 0.179 e. The minimum Gasteiger partial charge on any atom is -0.352 e. The Morgan fingerprint density at radius 3 is 2.74 bits per heavy atom. The van der Waals surface area contributed by atoms with E-state index in [1.54, 1.807) is 0 Å². The normalized spacial score (nSPS) is 16.9. The van der Waals surface area contributed by atoms with Gasteiger partial charge in [0.05, 0.1) is 5.69 Å². The largest absolute Gasteiger partial charge is 0.352 e. The molecule has 2 heterocycles. The minimum atomic E-state index is 0.264. The Balaban J connectivity index is 1.83. The highest BCUT2D eigenvalue weighted by molar-refractivity contribution is 6.02. The summed E-state index contributed by atoms with van der Waals surface area (Å²) in [6.45, 7) is 4.13. The molecule has 2 aromatic rings. The standard InChI is InChI=1S/C16H20N2O/c1-11-13-4-2-3-5-14(13)18-16(11)15(19)10-12-6-8-17-9-7-12/h2-5,12,17-18H,6-10H2,1H3. The predicted molar refractivity (Wildman–Crippen MR) is 77.6 cm³/mol. The van der Waals surface area contributed by atoms with Gasteiger partial charge in [0.25, 0.3) is 0 Å². The van der Waals surface area contributed by atoms with Crippen LogP contribution in [0.15, 0.2) is 24.3 Å². The zero-order chi connectivity index (χ0) is 13.2. The summed E-state index contributed by atoms with van der Waals surface area (Å²) in [5.74, 6) is 0.806. The molecule has 0 amide bonds. The van der Waals surface area contributed by atoms with E-state index < -0.39 is 0 Å². The molecule has 3 nitrogen and oxygen atoms in total. The number of hydrogen-bond acceptors (Lipinski definition) is 2. The third kappa shape index (κ3) is 2.43. The van der Waals surface area contributed by atoms with Gasteiger partial charge in [-0.25, -0.2) is 0 Å². The maximum absolute atomic E-state index is 12.5. The number of aromatic amines is 1. The number of hydrogen-bond donors (Lipinski definition) is 2. The van der Waals surface area contributed by atoms with Gasteiger partial charge in [0.15, 0.2) is 5.78 Å². The molecular formula is C16H20N2O. The van der Waals surface area contributed by atoms with Gasteiger partial charge < -0.3 is 10.3 Å². The van der Waals surface area contributed by atoms with Crippen LogP contribution in [0, 0.1) is 12.8 Å². The van der Waals surface area contributed by atoms with Crippen molar-refractivity contribution in [2.45, 2.75) is 26.2 Å². The Morgan fingerprint density at radius 1 is 1.26 bits per heavy atom. The van der Waals surface area contributed by atoms with Crippen molar-refractivity contribution in [3.63, 3.8) is 0 Å². The van der Waals surface area contributed by atoms with E-state index in [4.69, 9.17) is 0 Å².